The number of likely N-dealkylation sites (tertiary alicyclic amines) is 1. The lowest BCUT2D eigenvalue weighted by molar-refractivity contribution is 0.246. The molecule has 2 saturated heterocycles. The molecule has 1 unspecified atom stereocenters. The van der Waals surface area contributed by atoms with E-state index in [0.717, 1.165) is 23.9 Å². The predicted molar refractivity (Wildman–Crippen MR) is 80.3 cm³/mol. The van der Waals surface area contributed by atoms with Crippen LogP contribution in [0.25, 0.3) is 0 Å². The number of oxazole rings is 1. The van der Waals surface area contributed by atoms with Gasteiger partial charge in [0.05, 0.1) is 12.2 Å². The van der Waals surface area contributed by atoms with Gasteiger partial charge in [0.25, 0.3) is 0 Å². The zero-order valence-corrected chi connectivity index (χ0v) is 13.2. The largest absolute Gasteiger partial charge is 0.444 e. The minimum absolute atomic E-state index is 0. The smallest absolute Gasteiger partial charge is 0.208 e. The van der Waals surface area contributed by atoms with E-state index in [1.54, 1.807) is 0 Å². The Morgan fingerprint density at radius 3 is 2.68 bits per heavy atom. The van der Waals surface area contributed by atoms with Gasteiger partial charge in [0.1, 0.15) is 5.76 Å². The maximum atomic E-state index is 5.66. The normalized spacial score (nSPS) is 26.4. The number of nitrogens with one attached hydrogen (secondary N) is 1. The van der Waals surface area contributed by atoms with Gasteiger partial charge >= 0.3 is 0 Å². The third-order valence-corrected chi connectivity index (χ3v) is 4.28. The molecule has 0 saturated carbocycles. The molecule has 1 spiro atoms. The van der Waals surface area contributed by atoms with Gasteiger partial charge in [-0.25, -0.2) is 4.98 Å². The van der Waals surface area contributed by atoms with E-state index in [4.69, 9.17) is 4.42 Å². The number of hydrogen-bond acceptors (Lipinski definition) is 4. The SMILES string of the molecule is Cc1nc(CN2CCC3(CCNC3)C2)oc1C.Cl.Cl. The van der Waals surface area contributed by atoms with Gasteiger partial charge in [-0.2, -0.15) is 0 Å². The van der Waals surface area contributed by atoms with Crippen LogP contribution in [-0.4, -0.2) is 36.1 Å². The van der Waals surface area contributed by atoms with Crippen LogP contribution >= 0.6 is 24.8 Å². The molecule has 0 radical (unpaired) electrons. The summed E-state index contributed by atoms with van der Waals surface area (Å²) in [7, 11) is 0. The molecule has 0 aromatic carbocycles. The molecule has 1 N–H and O–H groups in total. The van der Waals surface area contributed by atoms with Crippen molar-refractivity contribution in [1.82, 2.24) is 15.2 Å². The van der Waals surface area contributed by atoms with Crippen molar-refractivity contribution in [2.75, 3.05) is 26.2 Å². The molecular formula is C13H23Cl2N3O. The highest BCUT2D eigenvalue weighted by Gasteiger charge is 2.40. The van der Waals surface area contributed by atoms with Crippen LogP contribution in [0.2, 0.25) is 0 Å². The molecule has 0 amide bonds. The highest BCUT2D eigenvalue weighted by molar-refractivity contribution is 5.85. The van der Waals surface area contributed by atoms with Gasteiger partial charge in [-0.1, -0.05) is 0 Å². The van der Waals surface area contributed by atoms with Crippen LogP contribution in [-0.2, 0) is 6.54 Å². The van der Waals surface area contributed by atoms with E-state index in [0.29, 0.717) is 5.41 Å². The van der Waals surface area contributed by atoms with Crippen LogP contribution in [0.3, 0.4) is 0 Å². The van der Waals surface area contributed by atoms with Crippen LogP contribution in [0.1, 0.15) is 30.2 Å². The summed E-state index contributed by atoms with van der Waals surface area (Å²) in [6, 6.07) is 0. The third-order valence-electron chi connectivity index (χ3n) is 4.28. The molecule has 0 aliphatic carbocycles. The van der Waals surface area contributed by atoms with E-state index in [1.165, 1.54) is 39.0 Å². The average molecular weight is 308 g/mol. The van der Waals surface area contributed by atoms with E-state index in [1.807, 2.05) is 13.8 Å². The molecule has 3 heterocycles. The standard InChI is InChI=1S/C13H21N3O.2ClH/c1-10-11(2)17-12(15-10)7-16-6-4-13(9-16)3-5-14-8-13;;/h14H,3-9H2,1-2H3;2*1H. The Balaban J connectivity index is 0.000000902. The van der Waals surface area contributed by atoms with Crippen molar-refractivity contribution in [3.05, 3.63) is 17.3 Å². The lowest BCUT2D eigenvalue weighted by Gasteiger charge is -2.22. The van der Waals surface area contributed by atoms with Gasteiger partial charge in [0.2, 0.25) is 5.89 Å². The molecule has 3 rings (SSSR count). The van der Waals surface area contributed by atoms with E-state index >= 15 is 0 Å². The van der Waals surface area contributed by atoms with Gasteiger partial charge in [0, 0.05) is 13.1 Å². The van der Waals surface area contributed by atoms with Gasteiger partial charge in [-0.15, -0.1) is 24.8 Å². The van der Waals surface area contributed by atoms with Crippen molar-refractivity contribution >= 4 is 24.8 Å². The zero-order chi connectivity index (χ0) is 11.9. The Kier molecular flexibility index (Phi) is 5.68. The van der Waals surface area contributed by atoms with Gasteiger partial charge < -0.3 is 9.73 Å². The second kappa shape index (κ2) is 6.44. The van der Waals surface area contributed by atoms with E-state index in [-0.39, 0.29) is 24.8 Å². The summed E-state index contributed by atoms with van der Waals surface area (Å²) < 4.78 is 5.66. The number of rotatable bonds is 2. The molecule has 1 atom stereocenters. The van der Waals surface area contributed by atoms with Gasteiger partial charge in [0.15, 0.2) is 0 Å². The molecule has 2 aliphatic rings. The number of halogens is 2. The molecule has 110 valence electrons. The number of hydrogen-bond donors (Lipinski definition) is 1. The number of nitrogens with zero attached hydrogens (tertiary/aromatic N) is 2. The molecule has 6 heteroatoms. The first-order valence-electron chi connectivity index (χ1n) is 6.53. The fourth-order valence-corrected chi connectivity index (χ4v) is 3.10. The number of aromatic nitrogens is 1. The summed E-state index contributed by atoms with van der Waals surface area (Å²) in [5.41, 5.74) is 1.56. The van der Waals surface area contributed by atoms with Crippen molar-refractivity contribution in [2.45, 2.75) is 33.2 Å². The van der Waals surface area contributed by atoms with Gasteiger partial charge in [-0.05, 0) is 45.2 Å². The predicted octanol–water partition coefficient (Wildman–Crippen LogP) is 2.32. The summed E-state index contributed by atoms with van der Waals surface area (Å²) in [4.78, 5) is 6.95. The molecule has 0 bridgehead atoms. The Hall–Kier alpha value is -0.290. The minimum atomic E-state index is 0. The summed E-state index contributed by atoms with van der Waals surface area (Å²) in [5.74, 6) is 1.83. The lowest BCUT2D eigenvalue weighted by Crippen LogP contribution is -2.29. The second-order valence-corrected chi connectivity index (χ2v) is 5.64. The van der Waals surface area contributed by atoms with Crippen LogP contribution in [0.4, 0.5) is 0 Å². The number of aryl methyl sites for hydroxylation is 2. The summed E-state index contributed by atoms with van der Waals surface area (Å²) in [5, 5.41) is 3.49. The van der Waals surface area contributed by atoms with Crippen molar-refractivity contribution < 1.29 is 4.42 Å². The zero-order valence-electron chi connectivity index (χ0n) is 11.6. The van der Waals surface area contributed by atoms with Crippen LogP contribution in [0, 0.1) is 19.3 Å². The first kappa shape index (κ1) is 16.8. The molecular weight excluding hydrogens is 285 g/mol. The molecule has 2 fully saturated rings. The Morgan fingerprint density at radius 1 is 1.32 bits per heavy atom. The fraction of sp³-hybridized carbons (Fsp3) is 0.769. The first-order chi connectivity index (χ1) is 8.17. The highest BCUT2D eigenvalue weighted by atomic mass is 35.5. The summed E-state index contributed by atoms with van der Waals surface area (Å²) >= 11 is 0. The van der Waals surface area contributed by atoms with E-state index in [9.17, 15) is 0 Å². The maximum absolute atomic E-state index is 5.66. The van der Waals surface area contributed by atoms with E-state index < -0.39 is 0 Å². The Bertz CT molecular complexity index is 397. The molecule has 1 aromatic rings. The maximum Gasteiger partial charge on any atom is 0.208 e. The van der Waals surface area contributed by atoms with Crippen LogP contribution in [0.15, 0.2) is 4.42 Å². The molecule has 2 aliphatic heterocycles. The Morgan fingerprint density at radius 2 is 2.11 bits per heavy atom. The first-order valence-corrected chi connectivity index (χ1v) is 6.53. The minimum Gasteiger partial charge on any atom is -0.444 e. The quantitative estimate of drug-likeness (QED) is 0.910. The fourth-order valence-electron chi connectivity index (χ4n) is 3.10. The topological polar surface area (TPSA) is 41.3 Å². The van der Waals surface area contributed by atoms with Crippen molar-refractivity contribution in [3.8, 4) is 0 Å². The second-order valence-electron chi connectivity index (χ2n) is 5.64. The Labute approximate surface area is 127 Å². The molecule has 4 nitrogen and oxygen atoms in total. The lowest BCUT2D eigenvalue weighted by atomic mass is 9.87. The average Bonchev–Trinajstić information content (AvgIpc) is 2.96. The van der Waals surface area contributed by atoms with Crippen molar-refractivity contribution in [3.63, 3.8) is 0 Å². The monoisotopic (exact) mass is 307 g/mol. The van der Waals surface area contributed by atoms with Gasteiger partial charge in [-0.3, -0.25) is 4.90 Å². The van der Waals surface area contributed by atoms with Crippen molar-refractivity contribution in [2.24, 2.45) is 5.41 Å². The van der Waals surface area contributed by atoms with Crippen LogP contribution in [0.5, 0.6) is 0 Å². The molecule has 19 heavy (non-hydrogen) atoms. The molecule has 1 aromatic heterocycles. The van der Waals surface area contributed by atoms with Crippen LogP contribution < -0.4 is 5.32 Å². The summed E-state index contributed by atoms with van der Waals surface area (Å²) in [6.45, 7) is 9.62. The van der Waals surface area contributed by atoms with E-state index in [2.05, 4.69) is 15.2 Å². The van der Waals surface area contributed by atoms with Crippen molar-refractivity contribution in [1.29, 1.82) is 0 Å². The summed E-state index contributed by atoms with van der Waals surface area (Å²) in [6.07, 6.45) is 2.64. The third kappa shape index (κ3) is 3.43. The highest BCUT2D eigenvalue weighted by Crippen LogP contribution is 2.36.